The van der Waals surface area contributed by atoms with E-state index in [1.165, 1.54) is 49.2 Å². The number of nitrogens with zero attached hydrogens (tertiary/aromatic N) is 2. The van der Waals surface area contributed by atoms with Gasteiger partial charge >= 0.3 is 0 Å². The second kappa shape index (κ2) is 11.6. The maximum absolute atomic E-state index is 6.85. The lowest BCUT2D eigenvalue weighted by Crippen LogP contribution is -2.60. The first kappa shape index (κ1) is 30.6. The van der Waals surface area contributed by atoms with Crippen LogP contribution in [0.5, 0.6) is 11.5 Å². The molecule has 8 aromatic rings. The maximum atomic E-state index is 6.85. The van der Waals surface area contributed by atoms with Crippen LogP contribution in [-0.4, -0.2) is 6.71 Å². The number of anilines is 6. The number of fused-ring (bicyclic) bond motifs is 8. The van der Waals surface area contributed by atoms with Gasteiger partial charge in [0.05, 0.1) is 5.69 Å². The zero-order valence-electron chi connectivity index (χ0n) is 29.5. The van der Waals surface area contributed by atoms with E-state index in [1.54, 1.807) is 0 Å². The molecule has 4 heteroatoms. The molecular weight excluding hydrogens is 631 g/mol. The predicted molar refractivity (Wildman–Crippen MR) is 221 cm³/mol. The first-order chi connectivity index (χ1) is 25.5. The average molecular weight is 669 g/mol. The third-order valence-electron chi connectivity index (χ3n) is 10.8. The van der Waals surface area contributed by atoms with Gasteiger partial charge in [-0.25, -0.2) is 0 Å². The molecule has 52 heavy (non-hydrogen) atoms. The van der Waals surface area contributed by atoms with Crippen molar-refractivity contribution in [2.75, 3.05) is 9.80 Å². The van der Waals surface area contributed by atoms with Crippen LogP contribution in [0.15, 0.2) is 170 Å². The lowest BCUT2D eigenvalue weighted by molar-refractivity contribution is 0.488. The summed E-state index contributed by atoms with van der Waals surface area (Å²) in [6.07, 6.45) is 0. The van der Waals surface area contributed by atoms with E-state index >= 15 is 0 Å². The molecule has 0 N–H and O–H groups in total. The van der Waals surface area contributed by atoms with Crippen LogP contribution in [0.2, 0.25) is 0 Å². The van der Waals surface area contributed by atoms with Crippen molar-refractivity contribution in [3.63, 3.8) is 0 Å². The monoisotopic (exact) mass is 668 g/mol. The van der Waals surface area contributed by atoms with Gasteiger partial charge in [-0.1, -0.05) is 130 Å². The van der Waals surface area contributed by atoms with Crippen molar-refractivity contribution in [1.29, 1.82) is 0 Å². The lowest BCUT2D eigenvalue weighted by atomic mass is 9.33. The predicted octanol–water partition coefficient (Wildman–Crippen LogP) is 11.2. The molecular formula is C48H37BN2O. The summed E-state index contributed by atoms with van der Waals surface area (Å²) in [5, 5.41) is 4.87. The average Bonchev–Trinajstić information content (AvgIpc) is 3.18. The number of hydrogen-bond acceptors (Lipinski definition) is 3. The molecule has 3 nitrogen and oxygen atoms in total. The molecule has 0 bridgehead atoms. The molecule has 2 aliphatic rings. The van der Waals surface area contributed by atoms with Crippen LogP contribution in [0.25, 0.3) is 21.5 Å². The number of rotatable bonds is 4. The third kappa shape index (κ3) is 4.68. The van der Waals surface area contributed by atoms with E-state index in [4.69, 9.17) is 4.74 Å². The molecule has 2 aliphatic heterocycles. The van der Waals surface area contributed by atoms with Crippen LogP contribution in [0.1, 0.15) is 26.3 Å². The number of hydrogen-bond donors (Lipinski definition) is 0. The largest absolute Gasteiger partial charge is 0.458 e. The summed E-state index contributed by atoms with van der Waals surface area (Å²) >= 11 is 0. The second-order valence-corrected chi connectivity index (χ2v) is 14.9. The van der Waals surface area contributed by atoms with Crippen molar-refractivity contribution < 1.29 is 4.74 Å². The number of ether oxygens (including phenoxy) is 1. The highest BCUT2D eigenvalue weighted by molar-refractivity contribution is 7.02. The molecule has 0 fully saturated rings. The van der Waals surface area contributed by atoms with E-state index in [1.807, 2.05) is 0 Å². The quantitative estimate of drug-likeness (QED) is 0.174. The third-order valence-corrected chi connectivity index (χ3v) is 10.8. The summed E-state index contributed by atoms with van der Waals surface area (Å²) in [7, 11) is 0. The van der Waals surface area contributed by atoms with Gasteiger partial charge < -0.3 is 14.5 Å². The van der Waals surface area contributed by atoms with Crippen molar-refractivity contribution in [3.05, 3.63) is 175 Å². The molecule has 0 saturated carbocycles. The molecule has 2 heterocycles. The highest BCUT2D eigenvalue weighted by atomic mass is 16.5. The smallest absolute Gasteiger partial charge is 0.258 e. The summed E-state index contributed by atoms with van der Waals surface area (Å²) in [6.45, 7) is 6.78. The molecule has 0 spiro atoms. The minimum Gasteiger partial charge on any atom is -0.458 e. The van der Waals surface area contributed by atoms with E-state index in [9.17, 15) is 0 Å². The second-order valence-electron chi connectivity index (χ2n) is 14.9. The molecule has 0 aromatic heterocycles. The zero-order valence-corrected chi connectivity index (χ0v) is 29.5. The van der Waals surface area contributed by atoms with Crippen molar-refractivity contribution in [2.24, 2.45) is 0 Å². The Bertz CT molecular complexity index is 2610. The molecule has 0 saturated heterocycles. The molecule has 0 radical (unpaired) electrons. The van der Waals surface area contributed by atoms with Gasteiger partial charge in [-0.2, -0.15) is 0 Å². The topological polar surface area (TPSA) is 15.7 Å². The minimum absolute atomic E-state index is 0.0398. The number of benzene rings is 8. The molecule has 0 amide bonds. The summed E-state index contributed by atoms with van der Waals surface area (Å²) in [5.41, 5.74) is 11.9. The van der Waals surface area contributed by atoms with Crippen LogP contribution in [0.3, 0.4) is 0 Å². The molecule has 0 aliphatic carbocycles. The Balaban J connectivity index is 1.34. The van der Waals surface area contributed by atoms with Gasteiger partial charge in [0.2, 0.25) is 0 Å². The van der Waals surface area contributed by atoms with E-state index in [0.717, 1.165) is 39.9 Å². The van der Waals surface area contributed by atoms with Gasteiger partial charge in [-0.3, -0.25) is 0 Å². The SMILES string of the molecule is CC(C)(C)c1ccc(N2c3cccc4c3B(c3c(ccc5ccccc35)O4)c3c2cc(N(c2ccccc2)c2ccccc2)c2ccccc32)cc1. The van der Waals surface area contributed by atoms with Crippen molar-refractivity contribution in [3.8, 4) is 11.5 Å². The fraction of sp³-hybridized carbons (Fsp3) is 0.0833. The minimum atomic E-state index is -0.0398. The standard InChI is InChI=1S/C48H37BN2O/c1-48(2,3)33-26-28-36(29-27-33)51-40-23-14-24-43-47(40)49(46-37-20-11-10-15-32(37)25-30-44(46)52-43)45-39-22-13-12-21-38(39)41(31-42(45)51)50(34-16-6-4-7-17-34)35-18-8-5-9-19-35/h4-31H,1-3H3. The highest BCUT2D eigenvalue weighted by Crippen LogP contribution is 2.47. The fourth-order valence-electron chi connectivity index (χ4n) is 8.46. The normalized spacial score (nSPS) is 13.0. The van der Waals surface area contributed by atoms with Gasteiger partial charge in [0, 0.05) is 33.8 Å². The number of para-hydroxylation sites is 2. The van der Waals surface area contributed by atoms with Crippen LogP contribution < -0.4 is 30.9 Å². The Kier molecular flexibility index (Phi) is 6.84. The summed E-state index contributed by atoms with van der Waals surface area (Å²) < 4.78 is 6.85. The Morgan fingerprint density at radius 2 is 1.12 bits per heavy atom. The summed E-state index contributed by atoms with van der Waals surface area (Å²) in [4.78, 5) is 4.88. The Morgan fingerprint density at radius 1 is 0.500 bits per heavy atom. The van der Waals surface area contributed by atoms with Crippen LogP contribution in [-0.2, 0) is 5.41 Å². The van der Waals surface area contributed by atoms with Crippen LogP contribution >= 0.6 is 0 Å². The van der Waals surface area contributed by atoms with Gasteiger partial charge in [0.1, 0.15) is 11.5 Å². The molecule has 0 unspecified atom stereocenters. The van der Waals surface area contributed by atoms with E-state index in [0.29, 0.717) is 0 Å². The Hall–Kier alpha value is -6.26. The lowest BCUT2D eigenvalue weighted by Gasteiger charge is -2.42. The molecule has 248 valence electrons. The van der Waals surface area contributed by atoms with Crippen LogP contribution in [0.4, 0.5) is 34.1 Å². The van der Waals surface area contributed by atoms with E-state index in [-0.39, 0.29) is 12.1 Å². The van der Waals surface area contributed by atoms with Gasteiger partial charge in [-0.15, -0.1) is 0 Å². The van der Waals surface area contributed by atoms with Crippen molar-refractivity contribution >= 4 is 78.8 Å². The van der Waals surface area contributed by atoms with Crippen LogP contribution in [0, 0.1) is 0 Å². The van der Waals surface area contributed by atoms with Crippen molar-refractivity contribution in [2.45, 2.75) is 26.2 Å². The maximum Gasteiger partial charge on any atom is 0.258 e. The Labute approximate surface area is 305 Å². The van der Waals surface area contributed by atoms with E-state index in [2.05, 4.69) is 200 Å². The van der Waals surface area contributed by atoms with Crippen molar-refractivity contribution in [1.82, 2.24) is 0 Å². The highest BCUT2D eigenvalue weighted by Gasteiger charge is 2.44. The first-order valence-corrected chi connectivity index (χ1v) is 18.1. The van der Waals surface area contributed by atoms with Gasteiger partial charge in [-0.05, 0) is 104 Å². The molecule has 0 atom stereocenters. The first-order valence-electron chi connectivity index (χ1n) is 18.1. The van der Waals surface area contributed by atoms with Gasteiger partial charge in [0.15, 0.2) is 0 Å². The molecule has 10 rings (SSSR count). The Morgan fingerprint density at radius 3 is 1.81 bits per heavy atom. The summed E-state index contributed by atoms with van der Waals surface area (Å²) in [5.74, 6) is 1.83. The fourth-order valence-corrected chi connectivity index (χ4v) is 8.46. The van der Waals surface area contributed by atoms with Gasteiger partial charge in [0.25, 0.3) is 6.71 Å². The summed E-state index contributed by atoms with van der Waals surface area (Å²) in [6, 6.07) is 61.7. The van der Waals surface area contributed by atoms with E-state index < -0.39 is 0 Å². The zero-order chi connectivity index (χ0) is 35.0. The molecule has 8 aromatic carbocycles.